The van der Waals surface area contributed by atoms with E-state index in [1.54, 1.807) is 0 Å². The molecule has 15 heavy (non-hydrogen) atoms. The molecular weight excluding hydrogens is 186 g/mol. The van der Waals surface area contributed by atoms with Gasteiger partial charge in [0.2, 0.25) is 0 Å². The summed E-state index contributed by atoms with van der Waals surface area (Å²) in [6, 6.07) is 8.45. The van der Waals surface area contributed by atoms with E-state index in [1.165, 1.54) is 22.2 Å². The number of para-hydroxylation sites is 1. The summed E-state index contributed by atoms with van der Waals surface area (Å²) in [6.45, 7) is 3.93. The Morgan fingerprint density at radius 3 is 2.80 bits per heavy atom. The third-order valence-electron chi connectivity index (χ3n) is 2.89. The first-order valence-electron chi connectivity index (χ1n) is 5.31. The van der Waals surface area contributed by atoms with E-state index in [0.717, 1.165) is 0 Å². The van der Waals surface area contributed by atoms with Crippen molar-refractivity contribution in [2.24, 2.45) is 7.05 Å². The van der Waals surface area contributed by atoms with Gasteiger partial charge < -0.3 is 9.67 Å². The molecule has 2 rings (SSSR count). The maximum absolute atomic E-state index is 9.45. The summed E-state index contributed by atoms with van der Waals surface area (Å²) < 4.78 is 2.19. The zero-order valence-corrected chi connectivity index (χ0v) is 9.49. The first kappa shape index (κ1) is 10.2. The summed E-state index contributed by atoms with van der Waals surface area (Å²) in [7, 11) is 2.07. The number of aromatic nitrogens is 1. The van der Waals surface area contributed by atoms with Gasteiger partial charge in [-0.25, -0.2) is 0 Å². The third kappa shape index (κ3) is 1.77. The minimum absolute atomic E-state index is 0.286. The maximum Gasteiger partial charge on any atom is 0.0553 e. The quantitative estimate of drug-likeness (QED) is 0.796. The van der Waals surface area contributed by atoms with Crippen LogP contribution in [-0.4, -0.2) is 15.8 Å². The zero-order valence-electron chi connectivity index (χ0n) is 9.49. The van der Waals surface area contributed by atoms with Crippen LogP contribution in [0.2, 0.25) is 0 Å². The van der Waals surface area contributed by atoms with Gasteiger partial charge in [-0.15, -0.1) is 0 Å². The highest BCUT2D eigenvalue weighted by atomic mass is 16.3. The molecule has 1 aromatic heterocycles. The number of aliphatic hydroxyl groups excluding tert-OH is 1. The van der Waals surface area contributed by atoms with Gasteiger partial charge in [0.05, 0.1) is 11.6 Å². The monoisotopic (exact) mass is 203 g/mol. The normalized spacial score (nSPS) is 13.3. The Hall–Kier alpha value is -1.28. The van der Waals surface area contributed by atoms with E-state index in [2.05, 4.69) is 42.8 Å². The SMILES string of the molecule is Cc1cc2cccc(CC(C)O)c2n1C. The average Bonchev–Trinajstić information content (AvgIpc) is 2.43. The first-order chi connectivity index (χ1) is 7.09. The maximum atomic E-state index is 9.45. The molecule has 0 saturated heterocycles. The van der Waals surface area contributed by atoms with E-state index in [1.807, 2.05) is 6.92 Å². The van der Waals surface area contributed by atoms with Crippen LogP contribution < -0.4 is 0 Å². The van der Waals surface area contributed by atoms with Gasteiger partial charge in [0.15, 0.2) is 0 Å². The van der Waals surface area contributed by atoms with Gasteiger partial charge in [0.25, 0.3) is 0 Å². The lowest BCUT2D eigenvalue weighted by atomic mass is 10.1. The molecule has 1 heterocycles. The summed E-state index contributed by atoms with van der Waals surface area (Å²) in [5.41, 5.74) is 3.72. The molecule has 0 aliphatic heterocycles. The molecule has 0 spiro atoms. The molecule has 0 aliphatic carbocycles. The Balaban J connectivity index is 2.63. The van der Waals surface area contributed by atoms with E-state index in [4.69, 9.17) is 0 Å². The van der Waals surface area contributed by atoms with Crippen LogP contribution in [0.3, 0.4) is 0 Å². The Morgan fingerprint density at radius 2 is 2.13 bits per heavy atom. The second-order valence-corrected chi connectivity index (χ2v) is 4.25. The standard InChI is InChI=1S/C13H17NO/c1-9-7-11-5-4-6-12(8-10(2)15)13(11)14(9)3/h4-7,10,15H,8H2,1-3H3. The second kappa shape index (κ2) is 3.70. The van der Waals surface area contributed by atoms with Crippen molar-refractivity contribution < 1.29 is 5.11 Å². The third-order valence-corrected chi connectivity index (χ3v) is 2.89. The molecule has 2 heteroatoms. The van der Waals surface area contributed by atoms with Gasteiger partial charge in [-0.3, -0.25) is 0 Å². The summed E-state index contributed by atoms with van der Waals surface area (Å²) in [5, 5.41) is 10.7. The topological polar surface area (TPSA) is 25.2 Å². The van der Waals surface area contributed by atoms with Gasteiger partial charge >= 0.3 is 0 Å². The predicted octanol–water partition coefficient (Wildman–Crippen LogP) is 2.41. The van der Waals surface area contributed by atoms with Crippen LogP contribution >= 0.6 is 0 Å². The van der Waals surface area contributed by atoms with Gasteiger partial charge in [0.1, 0.15) is 0 Å². The fourth-order valence-electron chi connectivity index (χ4n) is 2.12. The highest BCUT2D eigenvalue weighted by molar-refractivity contribution is 5.84. The highest BCUT2D eigenvalue weighted by Gasteiger charge is 2.08. The molecule has 1 unspecified atom stereocenters. The number of aryl methyl sites for hydroxylation is 2. The smallest absolute Gasteiger partial charge is 0.0553 e. The molecule has 1 aromatic carbocycles. The summed E-state index contributed by atoms with van der Waals surface area (Å²) >= 11 is 0. The average molecular weight is 203 g/mol. The number of fused-ring (bicyclic) bond motifs is 1. The number of hydrogen-bond acceptors (Lipinski definition) is 1. The molecule has 0 radical (unpaired) electrons. The molecular formula is C13H17NO. The zero-order chi connectivity index (χ0) is 11.0. The van der Waals surface area contributed by atoms with E-state index in [9.17, 15) is 5.11 Å². The van der Waals surface area contributed by atoms with Crippen molar-refractivity contribution in [2.75, 3.05) is 0 Å². The van der Waals surface area contributed by atoms with Crippen molar-refractivity contribution in [3.8, 4) is 0 Å². The molecule has 1 atom stereocenters. The number of rotatable bonds is 2. The lowest BCUT2D eigenvalue weighted by molar-refractivity contribution is 0.196. The molecule has 0 amide bonds. The summed E-state index contributed by atoms with van der Waals surface area (Å²) in [6.07, 6.45) is 0.431. The molecule has 0 saturated carbocycles. The van der Waals surface area contributed by atoms with E-state index in [-0.39, 0.29) is 6.10 Å². The van der Waals surface area contributed by atoms with Crippen LogP contribution in [0.5, 0.6) is 0 Å². The number of aliphatic hydroxyl groups is 1. The lowest BCUT2D eigenvalue weighted by Crippen LogP contribution is -2.05. The van der Waals surface area contributed by atoms with Crippen LogP contribution in [0, 0.1) is 6.92 Å². The van der Waals surface area contributed by atoms with Gasteiger partial charge in [-0.1, -0.05) is 18.2 Å². The van der Waals surface area contributed by atoms with Crippen molar-refractivity contribution in [2.45, 2.75) is 26.4 Å². The Morgan fingerprint density at radius 1 is 1.40 bits per heavy atom. The van der Waals surface area contributed by atoms with Crippen molar-refractivity contribution in [3.05, 3.63) is 35.5 Å². The molecule has 2 nitrogen and oxygen atoms in total. The minimum Gasteiger partial charge on any atom is -0.393 e. The fourth-order valence-corrected chi connectivity index (χ4v) is 2.12. The highest BCUT2D eigenvalue weighted by Crippen LogP contribution is 2.23. The van der Waals surface area contributed by atoms with Gasteiger partial charge in [-0.2, -0.15) is 0 Å². The number of nitrogens with zero attached hydrogens (tertiary/aromatic N) is 1. The molecule has 0 bridgehead atoms. The molecule has 0 aliphatic rings. The van der Waals surface area contributed by atoms with Gasteiger partial charge in [-0.05, 0) is 25.5 Å². The Kier molecular flexibility index (Phi) is 2.53. The molecule has 2 aromatic rings. The predicted molar refractivity (Wildman–Crippen MR) is 63.0 cm³/mol. The minimum atomic E-state index is -0.286. The Labute approximate surface area is 90.2 Å². The van der Waals surface area contributed by atoms with Crippen molar-refractivity contribution >= 4 is 10.9 Å². The fraction of sp³-hybridized carbons (Fsp3) is 0.385. The number of benzene rings is 1. The van der Waals surface area contributed by atoms with E-state index >= 15 is 0 Å². The summed E-state index contributed by atoms with van der Waals surface area (Å²) in [5.74, 6) is 0. The van der Waals surface area contributed by atoms with Crippen molar-refractivity contribution in [3.63, 3.8) is 0 Å². The van der Waals surface area contributed by atoms with E-state index < -0.39 is 0 Å². The first-order valence-corrected chi connectivity index (χ1v) is 5.31. The van der Waals surface area contributed by atoms with Crippen LogP contribution in [0.25, 0.3) is 10.9 Å². The van der Waals surface area contributed by atoms with E-state index in [0.29, 0.717) is 6.42 Å². The molecule has 80 valence electrons. The number of hydrogen-bond donors (Lipinski definition) is 1. The van der Waals surface area contributed by atoms with Crippen molar-refractivity contribution in [1.29, 1.82) is 0 Å². The van der Waals surface area contributed by atoms with Crippen LogP contribution in [-0.2, 0) is 13.5 Å². The van der Waals surface area contributed by atoms with Crippen LogP contribution in [0.4, 0.5) is 0 Å². The Bertz CT molecular complexity index is 482. The molecule has 0 fully saturated rings. The molecule has 1 N–H and O–H groups in total. The summed E-state index contributed by atoms with van der Waals surface area (Å²) in [4.78, 5) is 0. The van der Waals surface area contributed by atoms with Crippen LogP contribution in [0.15, 0.2) is 24.3 Å². The van der Waals surface area contributed by atoms with Gasteiger partial charge in [0, 0.05) is 24.5 Å². The lowest BCUT2D eigenvalue weighted by Gasteiger charge is -2.08. The second-order valence-electron chi connectivity index (χ2n) is 4.25. The van der Waals surface area contributed by atoms with Crippen LogP contribution in [0.1, 0.15) is 18.2 Å². The largest absolute Gasteiger partial charge is 0.393 e. The van der Waals surface area contributed by atoms with Crippen molar-refractivity contribution in [1.82, 2.24) is 4.57 Å².